The third-order valence-electron chi connectivity index (χ3n) is 4.27. The fraction of sp³-hybridized carbons (Fsp3) is 0.647. The van der Waals surface area contributed by atoms with Crippen molar-refractivity contribution in [1.82, 2.24) is 0 Å². The molecule has 1 nitrogen and oxygen atoms in total. The van der Waals surface area contributed by atoms with Crippen LogP contribution in [0.2, 0.25) is 0 Å². The van der Waals surface area contributed by atoms with Crippen LogP contribution in [0.15, 0.2) is 24.3 Å². The Kier molecular flexibility index (Phi) is 3.55. The van der Waals surface area contributed by atoms with E-state index in [4.69, 9.17) is 0 Å². The third-order valence-corrected chi connectivity index (χ3v) is 4.27. The summed E-state index contributed by atoms with van der Waals surface area (Å²) in [5, 5.41) is 10.1. The van der Waals surface area contributed by atoms with Gasteiger partial charge < -0.3 is 5.11 Å². The molecule has 0 saturated heterocycles. The fourth-order valence-electron chi connectivity index (χ4n) is 3.16. The molecule has 1 saturated carbocycles. The summed E-state index contributed by atoms with van der Waals surface area (Å²) < 4.78 is 0. The van der Waals surface area contributed by atoms with Crippen molar-refractivity contribution < 1.29 is 5.11 Å². The lowest BCUT2D eigenvalue weighted by atomic mass is 9.70. The molecule has 1 aliphatic rings. The van der Waals surface area contributed by atoms with Crippen LogP contribution < -0.4 is 0 Å². The lowest BCUT2D eigenvalue weighted by molar-refractivity contribution is 0.0784. The summed E-state index contributed by atoms with van der Waals surface area (Å²) in [5.41, 5.74) is 2.17. The second-order valence-electron chi connectivity index (χ2n) is 7.14. The first kappa shape index (κ1) is 13.6. The highest BCUT2D eigenvalue weighted by molar-refractivity contribution is 5.30. The third kappa shape index (κ3) is 3.14. The zero-order valence-corrected chi connectivity index (χ0v) is 12.2. The minimum atomic E-state index is -0.736. The van der Waals surface area contributed by atoms with Crippen LogP contribution in [0.5, 0.6) is 0 Å². The van der Waals surface area contributed by atoms with Crippen LogP contribution in [-0.2, 0) is 5.60 Å². The minimum absolute atomic E-state index is 0.466. The van der Waals surface area contributed by atoms with Gasteiger partial charge in [-0.3, -0.25) is 0 Å². The summed E-state index contributed by atoms with van der Waals surface area (Å²) in [6.45, 7) is 8.46. The van der Waals surface area contributed by atoms with Gasteiger partial charge in [0, 0.05) is 0 Å². The average molecular weight is 246 g/mol. The molecule has 1 heteroatoms. The first-order chi connectivity index (χ1) is 8.28. The van der Waals surface area contributed by atoms with Crippen LogP contribution in [0.25, 0.3) is 0 Å². The van der Waals surface area contributed by atoms with Gasteiger partial charge in [0.1, 0.15) is 0 Å². The standard InChI is InChI=1S/C17H26O/c1-16(2)10-6-8-14(12-16)13-7-5-9-15(11-13)17(3,4)18/h5,7,9,11,14,18H,6,8,10,12H2,1-4H3. The minimum Gasteiger partial charge on any atom is -0.386 e. The Balaban J connectivity index is 2.23. The van der Waals surface area contributed by atoms with Gasteiger partial charge in [-0.15, -0.1) is 0 Å². The van der Waals surface area contributed by atoms with Crippen LogP contribution in [-0.4, -0.2) is 5.11 Å². The molecular weight excluding hydrogens is 220 g/mol. The van der Waals surface area contributed by atoms with Crippen molar-refractivity contribution >= 4 is 0 Å². The highest BCUT2D eigenvalue weighted by atomic mass is 16.3. The highest BCUT2D eigenvalue weighted by Gasteiger charge is 2.29. The van der Waals surface area contributed by atoms with Crippen molar-refractivity contribution in [2.24, 2.45) is 5.41 Å². The monoisotopic (exact) mass is 246 g/mol. The Morgan fingerprint density at radius 1 is 1.28 bits per heavy atom. The van der Waals surface area contributed by atoms with E-state index in [-0.39, 0.29) is 0 Å². The first-order valence-corrected chi connectivity index (χ1v) is 7.11. The second-order valence-corrected chi connectivity index (χ2v) is 7.14. The maximum absolute atomic E-state index is 10.1. The molecule has 1 aliphatic carbocycles. The maximum atomic E-state index is 10.1. The number of hydrogen-bond donors (Lipinski definition) is 1. The summed E-state index contributed by atoms with van der Waals surface area (Å²) in [6, 6.07) is 8.54. The molecule has 1 aromatic rings. The zero-order chi connectivity index (χ0) is 13.4. The van der Waals surface area contributed by atoms with E-state index in [0.29, 0.717) is 11.3 Å². The summed E-state index contributed by atoms with van der Waals surface area (Å²) >= 11 is 0. The molecule has 1 fully saturated rings. The van der Waals surface area contributed by atoms with E-state index in [1.54, 1.807) is 0 Å². The molecule has 0 amide bonds. The van der Waals surface area contributed by atoms with Crippen LogP contribution >= 0.6 is 0 Å². The molecule has 0 aliphatic heterocycles. The fourth-order valence-corrected chi connectivity index (χ4v) is 3.16. The zero-order valence-electron chi connectivity index (χ0n) is 12.2. The van der Waals surface area contributed by atoms with Gasteiger partial charge in [-0.05, 0) is 55.6 Å². The predicted octanol–water partition coefficient (Wildman–Crippen LogP) is 4.60. The molecule has 0 heterocycles. The van der Waals surface area contributed by atoms with Crippen LogP contribution in [0.4, 0.5) is 0 Å². The molecule has 0 radical (unpaired) electrons. The van der Waals surface area contributed by atoms with Gasteiger partial charge in [0.05, 0.1) is 5.60 Å². The van der Waals surface area contributed by atoms with Gasteiger partial charge in [-0.25, -0.2) is 0 Å². The molecule has 1 N–H and O–H groups in total. The average Bonchev–Trinajstić information content (AvgIpc) is 2.27. The van der Waals surface area contributed by atoms with Crippen molar-refractivity contribution in [3.05, 3.63) is 35.4 Å². The molecule has 1 unspecified atom stereocenters. The van der Waals surface area contributed by atoms with Crippen LogP contribution in [0.1, 0.15) is 70.4 Å². The molecular formula is C17H26O. The van der Waals surface area contributed by atoms with E-state index < -0.39 is 5.60 Å². The molecule has 2 rings (SSSR count). The second kappa shape index (κ2) is 4.70. The van der Waals surface area contributed by atoms with Crippen molar-refractivity contribution in [3.63, 3.8) is 0 Å². The van der Waals surface area contributed by atoms with E-state index in [0.717, 1.165) is 5.56 Å². The highest BCUT2D eigenvalue weighted by Crippen LogP contribution is 2.43. The Morgan fingerprint density at radius 2 is 2.00 bits per heavy atom. The Bertz CT molecular complexity index is 412. The van der Waals surface area contributed by atoms with Crippen LogP contribution in [0, 0.1) is 5.41 Å². The normalized spacial score (nSPS) is 23.9. The van der Waals surface area contributed by atoms with Crippen molar-refractivity contribution in [2.45, 2.75) is 64.9 Å². The van der Waals surface area contributed by atoms with Gasteiger partial charge in [0.15, 0.2) is 0 Å². The van der Waals surface area contributed by atoms with Crippen molar-refractivity contribution in [1.29, 1.82) is 0 Å². The predicted molar refractivity (Wildman–Crippen MR) is 76.7 cm³/mol. The molecule has 1 aromatic carbocycles. The summed E-state index contributed by atoms with van der Waals surface area (Å²) in [6.07, 6.45) is 5.22. The van der Waals surface area contributed by atoms with E-state index in [1.165, 1.54) is 31.2 Å². The molecule has 1 atom stereocenters. The Hall–Kier alpha value is -0.820. The lowest BCUT2D eigenvalue weighted by Crippen LogP contribution is -2.22. The van der Waals surface area contributed by atoms with Gasteiger partial charge in [0.2, 0.25) is 0 Å². The van der Waals surface area contributed by atoms with Crippen molar-refractivity contribution in [3.8, 4) is 0 Å². The largest absolute Gasteiger partial charge is 0.386 e. The van der Waals surface area contributed by atoms with E-state index in [2.05, 4.69) is 32.0 Å². The van der Waals surface area contributed by atoms with Crippen molar-refractivity contribution in [2.75, 3.05) is 0 Å². The number of hydrogen-bond acceptors (Lipinski definition) is 1. The quantitative estimate of drug-likeness (QED) is 0.808. The van der Waals surface area contributed by atoms with Gasteiger partial charge in [-0.2, -0.15) is 0 Å². The summed E-state index contributed by atoms with van der Waals surface area (Å²) in [4.78, 5) is 0. The van der Waals surface area contributed by atoms with Gasteiger partial charge in [-0.1, -0.05) is 44.5 Å². The van der Waals surface area contributed by atoms with Gasteiger partial charge in [0.25, 0.3) is 0 Å². The first-order valence-electron chi connectivity index (χ1n) is 7.11. The SMILES string of the molecule is CC1(C)CCCC(c2cccc(C(C)(C)O)c2)C1. The number of benzene rings is 1. The molecule has 0 bridgehead atoms. The van der Waals surface area contributed by atoms with E-state index in [9.17, 15) is 5.11 Å². The maximum Gasteiger partial charge on any atom is 0.0840 e. The van der Waals surface area contributed by atoms with Gasteiger partial charge >= 0.3 is 0 Å². The summed E-state index contributed by atoms with van der Waals surface area (Å²) in [5.74, 6) is 0.663. The van der Waals surface area contributed by atoms with Crippen LogP contribution in [0.3, 0.4) is 0 Å². The van der Waals surface area contributed by atoms with E-state index in [1.807, 2.05) is 19.9 Å². The number of rotatable bonds is 2. The Labute approximate surface area is 111 Å². The molecule has 18 heavy (non-hydrogen) atoms. The molecule has 0 aromatic heterocycles. The number of aliphatic hydroxyl groups is 1. The molecule has 0 spiro atoms. The Morgan fingerprint density at radius 3 is 2.61 bits per heavy atom. The molecule has 100 valence electrons. The summed E-state index contributed by atoms with van der Waals surface area (Å²) in [7, 11) is 0. The van der Waals surface area contributed by atoms with E-state index >= 15 is 0 Å². The topological polar surface area (TPSA) is 20.2 Å². The lowest BCUT2D eigenvalue weighted by Gasteiger charge is -2.35. The smallest absolute Gasteiger partial charge is 0.0840 e.